The van der Waals surface area contributed by atoms with E-state index in [-0.39, 0.29) is 11.8 Å². The molecule has 0 fully saturated rings. The predicted molar refractivity (Wildman–Crippen MR) is 91.2 cm³/mol. The van der Waals surface area contributed by atoms with E-state index in [0.717, 1.165) is 23.0 Å². The molecule has 1 aromatic heterocycles. The van der Waals surface area contributed by atoms with Gasteiger partial charge in [0.05, 0.1) is 11.4 Å². The highest BCUT2D eigenvalue weighted by Gasteiger charge is 2.14. The standard InChI is InChI=1S/C15H20N6O2S/c1-9(2)16-14(23)17-13(22)8-24-15-18-19-20-21(15)12-6-5-10(3)11(4)7-12/h5-7,9H,8H2,1-4H3,(H2,16,17,22,23). The minimum absolute atomic E-state index is 0.0384. The Hall–Kier alpha value is -2.42. The van der Waals surface area contributed by atoms with E-state index >= 15 is 0 Å². The number of hydrogen-bond acceptors (Lipinski definition) is 6. The number of rotatable bonds is 5. The molecule has 2 aromatic rings. The molecule has 0 bridgehead atoms. The van der Waals surface area contributed by atoms with Crippen molar-refractivity contribution in [1.29, 1.82) is 0 Å². The minimum Gasteiger partial charge on any atom is -0.336 e. The van der Waals surface area contributed by atoms with Crippen LogP contribution in [0.25, 0.3) is 5.69 Å². The largest absolute Gasteiger partial charge is 0.336 e. The van der Waals surface area contributed by atoms with Crippen LogP contribution >= 0.6 is 11.8 Å². The second kappa shape index (κ2) is 7.91. The molecule has 1 heterocycles. The van der Waals surface area contributed by atoms with Gasteiger partial charge in [0.15, 0.2) is 0 Å². The van der Waals surface area contributed by atoms with Crippen LogP contribution in [0.15, 0.2) is 23.4 Å². The smallest absolute Gasteiger partial charge is 0.321 e. The van der Waals surface area contributed by atoms with Crippen LogP contribution in [0.3, 0.4) is 0 Å². The lowest BCUT2D eigenvalue weighted by molar-refractivity contribution is -0.117. The lowest BCUT2D eigenvalue weighted by Gasteiger charge is -2.09. The van der Waals surface area contributed by atoms with Crippen molar-refractivity contribution in [2.45, 2.75) is 38.9 Å². The molecule has 0 saturated carbocycles. The summed E-state index contributed by atoms with van der Waals surface area (Å²) in [4.78, 5) is 23.3. The lowest BCUT2D eigenvalue weighted by Crippen LogP contribution is -2.43. The van der Waals surface area contributed by atoms with Crippen molar-refractivity contribution in [3.8, 4) is 5.69 Å². The zero-order valence-electron chi connectivity index (χ0n) is 14.0. The van der Waals surface area contributed by atoms with Gasteiger partial charge >= 0.3 is 6.03 Å². The van der Waals surface area contributed by atoms with Crippen LogP contribution in [0.1, 0.15) is 25.0 Å². The fraction of sp³-hybridized carbons (Fsp3) is 0.400. The SMILES string of the molecule is Cc1ccc(-n2nnnc2SCC(=O)NC(=O)NC(C)C)cc1C. The van der Waals surface area contributed by atoms with Gasteiger partial charge in [-0.1, -0.05) is 17.8 Å². The average Bonchev–Trinajstić information content (AvgIpc) is 2.95. The monoisotopic (exact) mass is 348 g/mol. The molecule has 0 saturated heterocycles. The molecular formula is C15H20N6O2S. The Labute approximate surface area is 144 Å². The van der Waals surface area contributed by atoms with Crippen LogP contribution < -0.4 is 10.6 Å². The van der Waals surface area contributed by atoms with E-state index in [0.29, 0.717) is 5.16 Å². The van der Waals surface area contributed by atoms with Crippen molar-refractivity contribution in [1.82, 2.24) is 30.8 Å². The molecule has 0 atom stereocenters. The molecule has 2 N–H and O–H groups in total. The Bertz CT molecular complexity index is 743. The third-order valence-corrected chi connectivity index (χ3v) is 4.10. The van der Waals surface area contributed by atoms with E-state index < -0.39 is 11.9 Å². The number of aryl methyl sites for hydroxylation is 2. The normalized spacial score (nSPS) is 10.7. The molecular weight excluding hydrogens is 328 g/mol. The van der Waals surface area contributed by atoms with Gasteiger partial charge in [-0.05, 0) is 61.4 Å². The lowest BCUT2D eigenvalue weighted by atomic mass is 10.1. The number of imide groups is 1. The highest BCUT2D eigenvalue weighted by molar-refractivity contribution is 7.99. The Kier molecular flexibility index (Phi) is 5.91. The number of nitrogens with zero attached hydrogens (tertiary/aromatic N) is 4. The maximum atomic E-state index is 11.8. The molecule has 24 heavy (non-hydrogen) atoms. The van der Waals surface area contributed by atoms with E-state index in [1.807, 2.05) is 45.9 Å². The Morgan fingerprint density at radius 2 is 2.00 bits per heavy atom. The van der Waals surface area contributed by atoms with Crippen molar-refractivity contribution in [2.24, 2.45) is 0 Å². The van der Waals surface area contributed by atoms with Gasteiger partial charge in [0, 0.05) is 6.04 Å². The summed E-state index contributed by atoms with van der Waals surface area (Å²) in [5.74, 6) is -0.371. The van der Waals surface area contributed by atoms with E-state index in [9.17, 15) is 9.59 Å². The molecule has 128 valence electrons. The quantitative estimate of drug-likeness (QED) is 0.796. The van der Waals surface area contributed by atoms with Crippen LogP contribution in [0.2, 0.25) is 0 Å². The van der Waals surface area contributed by atoms with Gasteiger partial charge in [-0.25, -0.2) is 4.79 Å². The number of tetrazole rings is 1. The first-order chi connectivity index (χ1) is 11.4. The maximum Gasteiger partial charge on any atom is 0.321 e. The summed E-state index contributed by atoms with van der Waals surface area (Å²) in [6, 6.07) is 5.33. The van der Waals surface area contributed by atoms with Gasteiger partial charge in [-0.15, -0.1) is 5.10 Å². The maximum absolute atomic E-state index is 11.8. The number of aromatic nitrogens is 4. The average molecular weight is 348 g/mol. The topological polar surface area (TPSA) is 102 Å². The van der Waals surface area contributed by atoms with Crippen molar-refractivity contribution in [2.75, 3.05) is 5.75 Å². The summed E-state index contributed by atoms with van der Waals surface area (Å²) >= 11 is 1.16. The van der Waals surface area contributed by atoms with Crippen LogP contribution in [0, 0.1) is 13.8 Å². The first-order valence-electron chi connectivity index (χ1n) is 7.46. The summed E-state index contributed by atoms with van der Waals surface area (Å²) in [6.07, 6.45) is 0. The molecule has 1 aromatic carbocycles. The van der Waals surface area contributed by atoms with E-state index in [1.54, 1.807) is 4.68 Å². The van der Waals surface area contributed by atoms with Crippen molar-refractivity contribution in [3.05, 3.63) is 29.3 Å². The summed E-state index contributed by atoms with van der Waals surface area (Å²) in [6.45, 7) is 7.67. The van der Waals surface area contributed by atoms with E-state index in [2.05, 4.69) is 26.2 Å². The second-order valence-corrected chi connectivity index (χ2v) is 6.55. The number of urea groups is 1. The van der Waals surface area contributed by atoms with Crippen LogP contribution in [-0.2, 0) is 4.79 Å². The van der Waals surface area contributed by atoms with Gasteiger partial charge < -0.3 is 5.32 Å². The molecule has 9 heteroatoms. The van der Waals surface area contributed by atoms with Crippen molar-refractivity contribution in [3.63, 3.8) is 0 Å². The van der Waals surface area contributed by atoms with Crippen molar-refractivity contribution < 1.29 is 9.59 Å². The summed E-state index contributed by atoms with van der Waals surface area (Å²) in [5.41, 5.74) is 3.13. The first kappa shape index (κ1) is 17.9. The second-order valence-electron chi connectivity index (χ2n) is 5.61. The number of nitrogens with one attached hydrogen (secondary N) is 2. The third-order valence-electron chi connectivity index (χ3n) is 3.18. The highest BCUT2D eigenvalue weighted by Crippen LogP contribution is 2.19. The Morgan fingerprint density at radius 3 is 2.67 bits per heavy atom. The molecule has 0 radical (unpaired) electrons. The zero-order valence-corrected chi connectivity index (χ0v) is 14.8. The van der Waals surface area contributed by atoms with Gasteiger partial charge in [-0.3, -0.25) is 10.1 Å². The third kappa shape index (κ3) is 4.79. The molecule has 0 aliphatic heterocycles. The molecule has 2 rings (SSSR count). The van der Waals surface area contributed by atoms with Crippen LogP contribution in [0.4, 0.5) is 4.79 Å². The highest BCUT2D eigenvalue weighted by atomic mass is 32.2. The fourth-order valence-electron chi connectivity index (χ4n) is 1.88. The number of carbonyl (C=O) groups is 2. The number of benzene rings is 1. The first-order valence-corrected chi connectivity index (χ1v) is 8.44. The summed E-state index contributed by atoms with van der Waals surface area (Å²) in [5, 5.41) is 16.9. The minimum atomic E-state index is -0.510. The number of thioether (sulfide) groups is 1. The van der Waals surface area contributed by atoms with Crippen molar-refractivity contribution >= 4 is 23.7 Å². The Balaban J connectivity index is 1.99. The van der Waals surface area contributed by atoms with Gasteiger partial charge in [-0.2, -0.15) is 4.68 Å². The number of amides is 3. The van der Waals surface area contributed by atoms with E-state index in [4.69, 9.17) is 0 Å². The summed E-state index contributed by atoms with van der Waals surface area (Å²) in [7, 11) is 0. The molecule has 0 aliphatic carbocycles. The molecule has 3 amide bonds. The van der Waals surface area contributed by atoms with Crippen LogP contribution in [-0.4, -0.2) is 43.9 Å². The van der Waals surface area contributed by atoms with Gasteiger partial charge in [0.1, 0.15) is 0 Å². The molecule has 0 aliphatic rings. The molecule has 0 spiro atoms. The van der Waals surface area contributed by atoms with Gasteiger partial charge in [0.25, 0.3) is 0 Å². The fourth-order valence-corrected chi connectivity index (χ4v) is 2.57. The molecule has 8 nitrogen and oxygen atoms in total. The number of hydrogen-bond donors (Lipinski definition) is 2. The van der Waals surface area contributed by atoms with E-state index in [1.165, 1.54) is 5.56 Å². The zero-order chi connectivity index (χ0) is 17.7. The molecule has 0 unspecified atom stereocenters. The van der Waals surface area contributed by atoms with Crippen LogP contribution in [0.5, 0.6) is 0 Å². The summed E-state index contributed by atoms with van der Waals surface area (Å²) < 4.78 is 1.57. The predicted octanol–water partition coefficient (Wildman–Crippen LogP) is 1.61. The number of carbonyl (C=O) groups excluding carboxylic acids is 2. The Morgan fingerprint density at radius 1 is 1.25 bits per heavy atom. The van der Waals surface area contributed by atoms with Gasteiger partial charge in [0.2, 0.25) is 11.1 Å².